The highest BCUT2D eigenvalue weighted by Gasteiger charge is 2.22. The van der Waals surface area contributed by atoms with Crippen molar-refractivity contribution in [3.63, 3.8) is 0 Å². The monoisotopic (exact) mass is 408 g/mol. The number of benzene rings is 2. The quantitative estimate of drug-likeness (QED) is 0.599. The smallest absolute Gasteiger partial charge is 0.243 e. The zero-order valence-electron chi connectivity index (χ0n) is 17.6. The molecule has 0 fully saturated rings. The van der Waals surface area contributed by atoms with E-state index in [1.165, 1.54) is 0 Å². The Morgan fingerprint density at radius 3 is 2.50 bits per heavy atom. The summed E-state index contributed by atoms with van der Waals surface area (Å²) in [4.78, 5) is 26.1. The van der Waals surface area contributed by atoms with Gasteiger partial charge in [-0.15, -0.1) is 0 Å². The number of aryl methyl sites for hydroxylation is 1. The van der Waals surface area contributed by atoms with Crippen LogP contribution in [-0.4, -0.2) is 35.8 Å². The third kappa shape index (κ3) is 4.24. The maximum Gasteiger partial charge on any atom is 0.243 e. The van der Waals surface area contributed by atoms with Gasteiger partial charge in [-0.2, -0.15) is 0 Å². The van der Waals surface area contributed by atoms with Crippen molar-refractivity contribution in [3.05, 3.63) is 64.4 Å². The lowest BCUT2D eigenvalue weighted by Gasteiger charge is -2.22. The van der Waals surface area contributed by atoms with Crippen molar-refractivity contribution < 1.29 is 14.6 Å². The van der Waals surface area contributed by atoms with Crippen LogP contribution in [0.5, 0.6) is 5.75 Å². The number of ether oxygens (including phenoxy) is 1. The van der Waals surface area contributed by atoms with Gasteiger partial charge in [0.1, 0.15) is 11.8 Å². The third-order valence-corrected chi connectivity index (χ3v) is 5.34. The molecule has 158 valence electrons. The van der Waals surface area contributed by atoms with E-state index >= 15 is 0 Å². The van der Waals surface area contributed by atoms with Gasteiger partial charge in [-0.05, 0) is 48.2 Å². The van der Waals surface area contributed by atoms with Crippen LogP contribution in [0.15, 0.2) is 53.5 Å². The number of nitrogens with zero attached hydrogens (tertiary/aromatic N) is 1. The number of hydrogen-bond acceptors (Lipinski definition) is 4. The van der Waals surface area contributed by atoms with E-state index in [4.69, 9.17) is 9.84 Å². The van der Waals surface area contributed by atoms with E-state index in [0.29, 0.717) is 23.1 Å². The van der Waals surface area contributed by atoms with Crippen molar-refractivity contribution in [2.45, 2.75) is 32.7 Å². The Kier molecular flexibility index (Phi) is 6.90. The highest BCUT2D eigenvalue weighted by atomic mass is 16.5. The van der Waals surface area contributed by atoms with Gasteiger partial charge in [-0.3, -0.25) is 9.59 Å². The largest absolute Gasteiger partial charge is 0.497 e. The second kappa shape index (κ2) is 9.59. The maximum atomic E-state index is 13.3. The number of carbonyl (C=O) groups excluding carboxylic acids is 1. The molecule has 1 amide bonds. The van der Waals surface area contributed by atoms with Gasteiger partial charge in [0.25, 0.3) is 0 Å². The van der Waals surface area contributed by atoms with Gasteiger partial charge in [0.05, 0.1) is 19.2 Å². The van der Waals surface area contributed by atoms with Gasteiger partial charge in [-0.25, -0.2) is 0 Å². The number of aliphatic hydroxyl groups is 1. The Hall–Kier alpha value is -3.12. The molecular weight excluding hydrogens is 380 g/mol. The van der Waals surface area contributed by atoms with Crippen LogP contribution in [0.4, 0.5) is 0 Å². The van der Waals surface area contributed by atoms with Crippen LogP contribution in [0.3, 0.4) is 0 Å². The average molecular weight is 408 g/mol. The Balaban J connectivity index is 2.25. The summed E-state index contributed by atoms with van der Waals surface area (Å²) in [5.41, 5.74) is 3.06. The summed E-state index contributed by atoms with van der Waals surface area (Å²) in [5.74, 6) is 0.529. The van der Waals surface area contributed by atoms with Gasteiger partial charge < -0.3 is 19.7 Å². The molecule has 2 aromatic carbocycles. The predicted molar refractivity (Wildman–Crippen MR) is 119 cm³/mol. The number of amides is 1. The van der Waals surface area contributed by atoms with Crippen molar-refractivity contribution in [1.29, 1.82) is 0 Å². The van der Waals surface area contributed by atoms with E-state index in [-0.39, 0.29) is 24.5 Å². The molecule has 1 atom stereocenters. The van der Waals surface area contributed by atoms with Gasteiger partial charge in [-0.1, -0.05) is 32.0 Å². The standard InChI is InChI=1S/C24H28N2O4/c1-4-16-6-11-19-22(14-16)26(21(5-2)24(29)25-12-13-27)15-20(23(19)28)17-7-9-18(30-3)10-8-17/h6-11,14-15,21,27H,4-5,12-13H2,1-3H3,(H,25,29). The molecule has 1 heterocycles. The van der Waals surface area contributed by atoms with Crippen LogP contribution in [0.25, 0.3) is 22.0 Å². The summed E-state index contributed by atoms with van der Waals surface area (Å²) in [7, 11) is 1.60. The molecule has 0 saturated heterocycles. The minimum atomic E-state index is -0.497. The summed E-state index contributed by atoms with van der Waals surface area (Å²) < 4.78 is 7.11. The van der Waals surface area contributed by atoms with Crippen molar-refractivity contribution in [1.82, 2.24) is 9.88 Å². The minimum Gasteiger partial charge on any atom is -0.497 e. The number of aromatic nitrogens is 1. The van der Waals surface area contributed by atoms with Gasteiger partial charge in [0.15, 0.2) is 5.43 Å². The van der Waals surface area contributed by atoms with E-state index in [2.05, 4.69) is 12.2 Å². The number of pyridine rings is 1. The molecule has 0 aliphatic carbocycles. The van der Waals surface area contributed by atoms with Crippen LogP contribution < -0.4 is 15.5 Å². The molecule has 0 radical (unpaired) electrons. The first-order valence-electron chi connectivity index (χ1n) is 10.2. The molecule has 0 aliphatic rings. The first-order chi connectivity index (χ1) is 14.5. The zero-order valence-corrected chi connectivity index (χ0v) is 17.6. The number of aliphatic hydroxyl groups excluding tert-OH is 1. The van der Waals surface area contributed by atoms with E-state index < -0.39 is 6.04 Å². The number of rotatable bonds is 8. The first kappa shape index (κ1) is 21.6. The molecule has 0 saturated carbocycles. The fourth-order valence-corrected chi connectivity index (χ4v) is 3.65. The SMILES string of the molecule is CCc1ccc2c(=O)c(-c3ccc(OC)cc3)cn(C(CC)C(=O)NCCO)c2c1. The third-order valence-electron chi connectivity index (χ3n) is 5.34. The summed E-state index contributed by atoms with van der Waals surface area (Å²) in [5, 5.41) is 12.4. The molecule has 3 rings (SSSR count). The van der Waals surface area contributed by atoms with Gasteiger partial charge in [0.2, 0.25) is 5.91 Å². The fourth-order valence-electron chi connectivity index (χ4n) is 3.65. The second-order valence-electron chi connectivity index (χ2n) is 7.15. The lowest BCUT2D eigenvalue weighted by Crippen LogP contribution is -2.34. The Bertz CT molecular complexity index is 1090. The van der Waals surface area contributed by atoms with Crippen molar-refractivity contribution in [2.24, 2.45) is 0 Å². The number of hydrogen-bond donors (Lipinski definition) is 2. The highest BCUT2D eigenvalue weighted by Crippen LogP contribution is 2.26. The summed E-state index contributed by atoms with van der Waals surface area (Å²) in [6, 6.07) is 12.6. The predicted octanol–water partition coefficient (Wildman–Crippen LogP) is 3.30. The zero-order chi connectivity index (χ0) is 21.7. The Morgan fingerprint density at radius 2 is 1.90 bits per heavy atom. The van der Waals surface area contributed by atoms with E-state index in [0.717, 1.165) is 23.1 Å². The number of carbonyl (C=O) groups is 1. The minimum absolute atomic E-state index is 0.0697. The summed E-state index contributed by atoms with van der Waals surface area (Å²) >= 11 is 0. The van der Waals surface area contributed by atoms with E-state index in [1.54, 1.807) is 13.3 Å². The lowest BCUT2D eigenvalue weighted by molar-refractivity contribution is -0.124. The molecule has 3 aromatic rings. The van der Waals surface area contributed by atoms with Crippen molar-refractivity contribution in [2.75, 3.05) is 20.3 Å². The molecule has 0 spiro atoms. The molecule has 0 bridgehead atoms. The average Bonchev–Trinajstić information content (AvgIpc) is 2.79. The molecule has 2 N–H and O–H groups in total. The first-order valence-corrected chi connectivity index (χ1v) is 10.2. The molecule has 30 heavy (non-hydrogen) atoms. The number of nitrogens with one attached hydrogen (secondary N) is 1. The Morgan fingerprint density at radius 1 is 1.17 bits per heavy atom. The van der Waals surface area contributed by atoms with Crippen LogP contribution >= 0.6 is 0 Å². The van der Waals surface area contributed by atoms with E-state index in [1.807, 2.05) is 54.0 Å². The molecule has 6 heteroatoms. The van der Waals surface area contributed by atoms with Crippen molar-refractivity contribution in [3.8, 4) is 16.9 Å². The molecule has 0 aliphatic heterocycles. The highest BCUT2D eigenvalue weighted by molar-refractivity contribution is 5.88. The molecule has 6 nitrogen and oxygen atoms in total. The van der Waals surface area contributed by atoms with Crippen LogP contribution in [-0.2, 0) is 11.2 Å². The normalized spacial score (nSPS) is 12.0. The molecule has 1 aromatic heterocycles. The lowest BCUT2D eigenvalue weighted by atomic mass is 10.0. The fraction of sp³-hybridized carbons (Fsp3) is 0.333. The second-order valence-corrected chi connectivity index (χ2v) is 7.15. The summed E-state index contributed by atoms with van der Waals surface area (Å²) in [6.45, 7) is 4.06. The van der Waals surface area contributed by atoms with Gasteiger partial charge in [0, 0.05) is 23.7 Å². The van der Waals surface area contributed by atoms with Crippen LogP contribution in [0.2, 0.25) is 0 Å². The molecular formula is C24H28N2O4. The van der Waals surface area contributed by atoms with Crippen LogP contribution in [0, 0.1) is 0 Å². The van der Waals surface area contributed by atoms with Crippen LogP contribution in [0.1, 0.15) is 31.9 Å². The number of fused-ring (bicyclic) bond motifs is 1. The number of methoxy groups -OCH3 is 1. The topological polar surface area (TPSA) is 80.6 Å². The summed E-state index contributed by atoms with van der Waals surface area (Å²) in [6.07, 6.45) is 3.16. The molecule has 1 unspecified atom stereocenters. The maximum absolute atomic E-state index is 13.3. The van der Waals surface area contributed by atoms with E-state index in [9.17, 15) is 9.59 Å². The Labute approximate surface area is 176 Å². The van der Waals surface area contributed by atoms with Gasteiger partial charge >= 0.3 is 0 Å². The van der Waals surface area contributed by atoms with Crippen molar-refractivity contribution >= 4 is 16.8 Å².